The topological polar surface area (TPSA) is 70.5 Å². The van der Waals surface area contributed by atoms with Gasteiger partial charge in [0.1, 0.15) is 6.04 Å². The SMILES string of the molecule is Cc1ncccc1C(=O)N1CCC(C)CC1C(=O)O. The van der Waals surface area contributed by atoms with Crippen LogP contribution in [0.1, 0.15) is 35.8 Å². The molecule has 0 saturated carbocycles. The zero-order valence-electron chi connectivity index (χ0n) is 11.2. The summed E-state index contributed by atoms with van der Waals surface area (Å²) in [6, 6.07) is 2.67. The van der Waals surface area contributed by atoms with Crippen molar-refractivity contribution in [3.8, 4) is 0 Å². The number of carboxylic acid groups (broad SMARTS) is 1. The number of aliphatic carboxylic acids is 1. The molecular weight excluding hydrogens is 244 g/mol. The number of pyridine rings is 1. The number of carboxylic acids is 1. The maximum absolute atomic E-state index is 12.5. The maximum atomic E-state index is 12.5. The van der Waals surface area contributed by atoms with Crippen LogP contribution in [0.15, 0.2) is 18.3 Å². The van der Waals surface area contributed by atoms with E-state index < -0.39 is 12.0 Å². The quantitative estimate of drug-likeness (QED) is 0.881. The van der Waals surface area contributed by atoms with Crippen molar-refractivity contribution >= 4 is 11.9 Å². The van der Waals surface area contributed by atoms with E-state index in [4.69, 9.17) is 0 Å². The van der Waals surface area contributed by atoms with Crippen LogP contribution in [0, 0.1) is 12.8 Å². The minimum atomic E-state index is -0.929. The van der Waals surface area contributed by atoms with Crippen molar-refractivity contribution in [1.29, 1.82) is 0 Å². The average molecular weight is 262 g/mol. The third-order valence-corrected chi connectivity index (χ3v) is 3.65. The number of rotatable bonds is 2. The molecule has 1 N–H and O–H groups in total. The van der Waals surface area contributed by atoms with Gasteiger partial charge in [0, 0.05) is 18.4 Å². The van der Waals surface area contributed by atoms with E-state index in [9.17, 15) is 14.7 Å². The molecule has 0 radical (unpaired) electrons. The van der Waals surface area contributed by atoms with Crippen molar-refractivity contribution in [2.45, 2.75) is 32.7 Å². The summed E-state index contributed by atoms with van der Waals surface area (Å²) in [4.78, 5) is 29.3. The fourth-order valence-electron chi connectivity index (χ4n) is 2.48. The maximum Gasteiger partial charge on any atom is 0.326 e. The Hall–Kier alpha value is -1.91. The van der Waals surface area contributed by atoms with Gasteiger partial charge in [0.15, 0.2) is 0 Å². The molecule has 2 rings (SSSR count). The number of hydrogen-bond donors (Lipinski definition) is 1. The lowest BCUT2D eigenvalue weighted by Crippen LogP contribution is -2.50. The number of carbonyl (C=O) groups is 2. The second kappa shape index (κ2) is 5.38. The van der Waals surface area contributed by atoms with Crippen LogP contribution in [0.4, 0.5) is 0 Å². The zero-order valence-corrected chi connectivity index (χ0v) is 11.2. The molecule has 5 nitrogen and oxygen atoms in total. The molecule has 0 spiro atoms. The third kappa shape index (κ3) is 2.75. The number of nitrogens with zero attached hydrogens (tertiary/aromatic N) is 2. The number of piperidine rings is 1. The minimum Gasteiger partial charge on any atom is -0.480 e. The van der Waals surface area contributed by atoms with E-state index in [1.807, 2.05) is 6.92 Å². The first kappa shape index (κ1) is 13.5. The van der Waals surface area contributed by atoms with E-state index in [0.29, 0.717) is 30.1 Å². The van der Waals surface area contributed by atoms with Crippen molar-refractivity contribution in [3.63, 3.8) is 0 Å². The standard InChI is InChI=1S/C14H18N2O3/c1-9-5-7-16(12(8-9)14(18)19)13(17)11-4-3-6-15-10(11)2/h3-4,6,9,12H,5,7-8H2,1-2H3,(H,18,19). The fourth-order valence-corrected chi connectivity index (χ4v) is 2.48. The average Bonchev–Trinajstić information content (AvgIpc) is 2.38. The normalized spacial score (nSPS) is 23.2. The molecule has 1 saturated heterocycles. The Morgan fingerprint density at radius 2 is 2.21 bits per heavy atom. The van der Waals surface area contributed by atoms with Crippen LogP contribution in [0.5, 0.6) is 0 Å². The predicted molar refractivity (Wildman–Crippen MR) is 69.8 cm³/mol. The summed E-state index contributed by atoms with van der Waals surface area (Å²) in [5.41, 5.74) is 1.12. The van der Waals surface area contributed by atoms with E-state index in [0.717, 1.165) is 6.42 Å². The molecule has 0 aromatic carbocycles. The van der Waals surface area contributed by atoms with Gasteiger partial charge in [-0.2, -0.15) is 0 Å². The number of likely N-dealkylation sites (tertiary alicyclic amines) is 1. The van der Waals surface area contributed by atoms with Gasteiger partial charge in [0.05, 0.1) is 5.56 Å². The Balaban J connectivity index is 2.27. The van der Waals surface area contributed by atoms with Crippen LogP contribution >= 0.6 is 0 Å². The van der Waals surface area contributed by atoms with E-state index in [1.165, 1.54) is 4.90 Å². The Labute approximate surface area is 112 Å². The Morgan fingerprint density at radius 1 is 1.47 bits per heavy atom. The molecule has 102 valence electrons. The molecule has 19 heavy (non-hydrogen) atoms. The zero-order chi connectivity index (χ0) is 14.0. The fraction of sp³-hybridized carbons (Fsp3) is 0.500. The first-order valence-electron chi connectivity index (χ1n) is 6.46. The molecule has 2 heterocycles. The van der Waals surface area contributed by atoms with Crippen LogP contribution in [0.25, 0.3) is 0 Å². The number of hydrogen-bond acceptors (Lipinski definition) is 3. The lowest BCUT2D eigenvalue weighted by atomic mass is 9.92. The van der Waals surface area contributed by atoms with E-state index in [1.54, 1.807) is 25.3 Å². The first-order chi connectivity index (χ1) is 9.00. The lowest BCUT2D eigenvalue weighted by Gasteiger charge is -2.36. The number of amides is 1. The van der Waals surface area contributed by atoms with E-state index in [2.05, 4.69) is 4.98 Å². The third-order valence-electron chi connectivity index (χ3n) is 3.65. The molecule has 0 bridgehead atoms. The van der Waals surface area contributed by atoms with Crippen molar-refractivity contribution < 1.29 is 14.7 Å². The summed E-state index contributed by atoms with van der Waals surface area (Å²) in [6.07, 6.45) is 2.98. The van der Waals surface area contributed by atoms with Crippen molar-refractivity contribution in [3.05, 3.63) is 29.6 Å². The molecule has 2 unspecified atom stereocenters. The molecule has 1 fully saturated rings. The van der Waals surface area contributed by atoms with Crippen LogP contribution in [-0.4, -0.2) is 39.5 Å². The summed E-state index contributed by atoms with van der Waals surface area (Å²) in [5.74, 6) is -0.827. The Kier molecular flexibility index (Phi) is 3.83. The summed E-state index contributed by atoms with van der Waals surface area (Å²) >= 11 is 0. The molecular formula is C14H18N2O3. The highest BCUT2D eigenvalue weighted by atomic mass is 16.4. The number of aromatic nitrogens is 1. The first-order valence-corrected chi connectivity index (χ1v) is 6.46. The van der Waals surface area contributed by atoms with Gasteiger partial charge in [-0.1, -0.05) is 6.92 Å². The molecule has 1 aromatic rings. The molecule has 1 aromatic heterocycles. The van der Waals surface area contributed by atoms with Crippen LogP contribution in [0.3, 0.4) is 0 Å². The van der Waals surface area contributed by atoms with Crippen molar-refractivity contribution in [2.24, 2.45) is 5.92 Å². The second-order valence-electron chi connectivity index (χ2n) is 5.12. The van der Waals surface area contributed by atoms with Crippen LogP contribution in [-0.2, 0) is 4.79 Å². The number of aryl methyl sites for hydroxylation is 1. The summed E-state index contributed by atoms with van der Waals surface area (Å²) in [6.45, 7) is 4.27. The van der Waals surface area contributed by atoms with Crippen molar-refractivity contribution in [2.75, 3.05) is 6.54 Å². The van der Waals surface area contributed by atoms with Gasteiger partial charge in [0.2, 0.25) is 0 Å². The van der Waals surface area contributed by atoms with Gasteiger partial charge in [0.25, 0.3) is 5.91 Å². The van der Waals surface area contributed by atoms with Gasteiger partial charge >= 0.3 is 5.97 Å². The molecule has 2 atom stereocenters. The molecule has 1 amide bonds. The van der Waals surface area contributed by atoms with E-state index >= 15 is 0 Å². The van der Waals surface area contributed by atoms with Crippen LogP contribution in [0.2, 0.25) is 0 Å². The highest BCUT2D eigenvalue weighted by Gasteiger charge is 2.35. The van der Waals surface area contributed by atoms with Gasteiger partial charge < -0.3 is 10.0 Å². The van der Waals surface area contributed by atoms with Gasteiger partial charge in [-0.3, -0.25) is 9.78 Å². The molecule has 0 aliphatic carbocycles. The highest BCUT2D eigenvalue weighted by Crippen LogP contribution is 2.24. The Morgan fingerprint density at radius 3 is 2.84 bits per heavy atom. The molecule has 5 heteroatoms. The van der Waals surface area contributed by atoms with Gasteiger partial charge in [-0.05, 0) is 37.8 Å². The predicted octanol–water partition coefficient (Wildman–Crippen LogP) is 1.72. The van der Waals surface area contributed by atoms with Gasteiger partial charge in [-0.25, -0.2) is 4.79 Å². The Bertz CT molecular complexity index is 501. The van der Waals surface area contributed by atoms with Crippen LogP contribution < -0.4 is 0 Å². The minimum absolute atomic E-state index is 0.232. The molecule has 1 aliphatic rings. The van der Waals surface area contributed by atoms with Crippen molar-refractivity contribution in [1.82, 2.24) is 9.88 Å². The summed E-state index contributed by atoms with van der Waals surface area (Å²) in [7, 11) is 0. The second-order valence-corrected chi connectivity index (χ2v) is 5.12. The summed E-state index contributed by atoms with van der Waals surface area (Å²) < 4.78 is 0. The largest absolute Gasteiger partial charge is 0.480 e. The molecule has 1 aliphatic heterocycles. The number of carbonyl (C=O) groups excluding carboxylic acids is 1. The summed E-state index contributed by atoms with van der Waals surface area (Å²) in [5, 5.41) is 9.28. The van der Waals surface area contributed by atoms with Gasteiger partial charge in [-0.15, -0.1) is 0 Å². The smallest absolute Gasteiger partial charge is 0.326 e. The van der Waals surface area contributed by atoms with E-state index in [-0.39, 0.29) is 5.91 Å². The lowest BCUT2D eigenvalue weighted by molar-refractivity contribution is -0.144. The monoisotopic (exact) mass is 262 g/mol. The highest BCUT2D eigenvalue weighted by molar-refractivity contribution is 5.97.